The number of carbonyl (C=O) groups is 2. The van der Waals surface area contributed by atoms with Crippen molar-refractivity contribution in [3.05, 3.63) is 28.8 Å². The summed E-state index contributed by atoms with van der Waals surface area (Å²) < 4.78 is 0. The lowest BCUT2D eigenvalue weighted by Gasteiger charge is -2.14. The zero-order valence-electron chi connectivity index (χ0n) is 10.1. The number of amides is 1. The molecule has 1 aromatic carbocycles. The third-order valence-corrected chi connectivity index (χ3v) is 3.27. The van der Waals surface area contributed by atoms with E-state index >= 15 is 0 Å². The number of aliphatic carboxylic acids is 1. The molecule has 4 heteroatoms. The van der Waals surface area contributed by atoms with Crippen LogP contribution in [0.1, 0.15) is 29.5 Å². The van der Waals surface area contributed by atoms with Crippen molar-refractivity contribution in [1.29, 1.82) is 0 Å². The van der Waals surface area contributed by atoms with Gasteiger partial charge in [0.2, 0.25) is 5.91 Å². The van der Waals surface area contributed by atoms with Crippen molar-refractivity contribution in [2.45, 2.75) is 26.7 Å². The maximum atomic E-state index is 11.9. The van der Waals surface area contributed by atoms with Gasteiger partial charge in [0.15, 0.2) is 0 Å². The Morgan fingerprint density at radius 3 is 2.65 bits per heavy atom. The van der Waals surface area contributed by atoms with E-state index in [4.69, 9.17) is 5.11 Å². The molecule has 1 aliphatic heterocycles. The largest absolute Gasteiger partial charge is 0.481 e. The Bertz CT molecular complexity index is 508. The lowest BCUT2D eigenvalue weighted by molar-refractivity contribution is -0.143. The number of nitrogens with one attached hydrogen (secondary N) is 1. The van der Waals surface area contributed by atoms with E-state index in [0.29, 0.717) is 0 Å². The molecule has 0 fully saturated rings. The van der Waals surface area contributed by atoms with Gasteiger partial charge in [-0.05, 0) is 25.0 Å². The molecule has 0 saturated heterocycles. The van der Waals surface area contributed by atoms with E-state index < -0.39 is 17.8 Å². The summed E-state index contributed by atoms with van der Waals surface area (Å²) in [4.78, 5) is 22.9. The summed E-state index contributed by atoms with van der Waals surface area (Å²) in [6.07, 6.45) is 0. The fourth-order valence-corrected chi connectivity index (χ4v) is 2.40. The molecule has 2 N–H and O–H groups in total. The highest BCUT2D eigenvalue weighted by Crippen LogP contribution is 2.39. The van der Waals surface area contributed by atoms with E-state index in [9.17, 15) is 9.59 Å². The van der Waals surface area contributed by atoms with E-state index in [1.54, 1.807) is 6.92 Å². The molecule has 4 nitrogen and oxygen atoms in total. The van der Waals surface area contributed by atoms with Gasteiger partial charge in [0, 0.05) is 5.69 Å². The third kappa shape index (κ3) is 1.79. The predicted octanol–water partition coefficient (Wildman–Crippen LogP) is 2.06. The number of hydrogen-bond acceptors (Lipinski definition) is 2. The minimum Gasteiger partial charge on any atom is -0.481 e. The van der Waals surface area contributed by atoms with Crippen molar-refractivity contribution in [3.8, 4) is 0 Å². The number of aryl methyl sites for hydroxylation is 2. The van der Waals surface area contributed by atoms with Crippen LogP contribution in [0.5, 0.6) is 0 Å². The molecule has 0 radical (unpaired) electrons. The van der Waals surface area contributed by atoms with Crippen LogP contribution in [0.4, 0.5) is 5.69 Å². The molecule has 2 atom stereocenters. The molecule has 90 valence electrons. The Kier molecular flexibility index (Phi) is 2.65. The van der Waals surface area contributed by atoms with Gasteiger partial charge in [-0.1, -0.05) is 24.6 Å². The molecule has 0 bridgehead atoms. The fraction of sp³-hybridized carbons (Fsp3) is 0.385. The van der Waals surface area contributed by atoms with Crippen molar-refractivity contribution < 1.29 is 14.7 Å². The zero-order chi connectivity index (χ0) is 12.7. The van der Waals surface area contributed by atoms with Gasteiger partial charge in [-0.2, -0.15) is 0 Å². The van der Waals surface area contributed by atoms with Gasteiger partial charge in [0.25, 0.3) is 0 Å². The number of carboxylic acids is 1. The Hall–Kier alpha value is -1.84. The van der Waals surface area contributed by atoms with E-state index in [-0.39, 0.29) is 5.91 Å². The summed E-state index contributed by atoms with van der Waals surface area (Å²) >= 11 is 0. The molecule has 1 aromatic rings. The lowest BCUT2D eigenvalue weighted by atomic mass is 9.87. The quantitative estimate of drug-likeness (QED) is 0.821. The third-order valence-electron chi connectivity index (χ3n) is 3.27. The first-order valence-corrected chi connectivity index (χ1v) is 5.56. The minimum atomic E-state index is -0.947. The molecule has 1 heterocycles. The molecular formula is C13H15NO3. The Labute approximate surface area is 99.6 Å². The summed E-state index contributed by atoms with van der Waals surface area (Å²) in [5.74, 6) is -2.46. The standard InChI is InChI=1S/C13H15NO3/c1-6-4-7(2)11-9(5-6)10(12(15)14-11)8(3)13(16)17/h4-5,8,10H,1-3H3,(H,14,15)(H,16,17). The first-order chi connectivity index (χ1) is 7.91. The lowest BCUT2D eigenvalue weighted by Crippen LogP contribution is -2.24. The second-order valence-electron chi connectivity index (χ2n) is 4.64. The number of benzene rings is 1. The summed E-state index contributed by atoms with van der Waals surface area (Å²) in [7, 11) is 0. The van der Waals surface area contributed by atoms with Gasteiger partial charge < -0.3 is 10.4 Å². The number of carbonyl (C=O) groups excluding carboxylic acids is 1. The van der Waals surface area contributed by atoms with Crippen LogP contribution in [-0.2, 0) is 9.59 Å². The number of hydrogen-bond donors (Lipinski definition) is 2. The first-order valence-electron chi connectivity index (χ1n) is 5.56. The van der Waals surface area contributed by atoms with Crippen molar-refractivity contribution in [3.63, 3.8) is 0 Å². The SMILES string of the molecule is Cc1cc(C)c2c(c1)C(C(C)C(=O)O)C(=O)N2. The van der Waals surface area contributed by atoms with E-state index in [1.807, 2.05) is 26.0 Å². The van der Waals surface area contributed by atoms with Crippen LogP contribution in [0, 0.1) is 19.8 Å². The molecule has 1 amide bonds. The maximum Gasteiger partial charge on any atom is 0.307 e. The van der Waals surface area contributed by atoms with E-state index in [0.717, 1.165) is 22.4 Å². The van der Waals surface area contributed by atoms with E-state index in [1.165, 1.54) is 0 Å². The molecule has 2 rings (SSSR count). The second-order valence-corrected chi connectivity index (χ2v) is 4.64. The number of carboxylic acid groups (broad SMARTS) is 1. The van der Waals surface area contributed by atoms with Gasteiger partial charge in [0.1, 0.15) is 0 Å². The molecule has 0 aromatic heterocycles. The van der Waals surface area contributed by atoms with Crippen molar-refractivity contribution in [1.82, 2.24) is 0 Å². The summed E-state index contributed by atoms with van der Waals surface area (Å²) in [5, 5.41) is 11.8. The smallest absolute Gasteiger partial charge is 0.307 e. The Balaban J connectivity index is 2.54. The van der Waals surface area contributed by atoms with Crippen molar-refractivity contribution in [2.24, 2.45) is 5.92 Å². The number of fused-ring (bicyclic) bond motifs is 1. The van der Waals surface area contributed by atoms with E-state index in [2.05, 4.69) is 5.32 Å². The first kappa shape index (κ1) is 11.6. The monoisotopic (exact) mass is 233 g/mol. The zero-order valence-corrected chi connectivity index (χ0v) is 10.1. The maximum absolute atomic E-state index is 11.9. The molecular weight excluding hydrogens is 218 g/mol. The highest BCUT2D eigenvalue weighted by atomic mass is 16.4. The Morgan fingerprint density at radius 2 is 2.06 bits per heavy atom. The topological polar surface area (TPSA) is 66.4 Å². The Morgan fingerprint density at radius 1 is 1.41 bits per heavy atom. The van der Waals surface area contributed by atoms with Gasteiger partial charge in [-0.25, -0.2) is 0 Å². The average molecular weight is 233 g/mol. The highest BCUT2D eigenvalue weighted by molar-refractivity contribution is 6.05. The fourth-order valence-electron chi connectivity index (χ4n) is 2.40. The highest BCUT2D eigenvalue weighted by Gasteiger charge is 2.38. The molecule has 2 unspecified atom stereocenters. The predicted molar refractivity (Wildman–Crippen MR) is 64.1 cm³/mol. The molecule has 0 aliphatic carbocycles. The molecule has 1 aliphatic rings. The molecule has 0 spiro atoms. The summed E-state index contributed by atoms with van der Waals surface area (Å²) in [5.41, 5.74) is 3.61. The molecule has 17 heavy (non-hydrogen) atoms. The minimum absolute atomic E-state index is 0.219. The van der Waals surface area contributed by atoms with Crippen molar-refractivity contribution >= 4 is 17.6 Å². The van der Waals surface area contributed by atoms with Crippen LogP contribution >= 0.6 is 0 Å². The van der Waals surface area contributed by atoms with Crippen LogP contribution in [0.3, 0.4) is 0 Å². The number of anilines is 1. The summed E-state index contributed by atoms with van der Waals surface area (Å²) in [6.45, 7) is 5.43. The number of rotatable bonds is 2. The van der Waals surface area contributed by atoms with Crippen LogP contribution in [0.2, 0.25) is 0 Å². The van der Waals surface area contributed by atoms with Gasteiger partial charge in [0.05, 0.1) is 11.8 Å². The molecule has 0 saturated carbocycles. The van der Waals surface area contributed by atoms with Crippen LogP contribution in [0.25, 0.3) is 0 Å². The average Bonchev–Trinajstić information content (AvgIpc) is 2.54. The van der Waals surface area contributed by atoms with Gasteiger partial charge in [-0.3, -0.25) is 9.59 Å². The van der Waals surface area contributed by atoms with Crippen molar-refractivity contribution in [2.75, 3.05) is 5.32 Å². The van der Waals surface area contributed by atoms with Gasteiger partial charge >= 0.3 is 5.97 Å². The van der Waals surface area contributed by atoms with Gasteiger partial charge in [-0.15, -0.1) is 0 Å². The summed E-state index contributed by atoms with van der Waals surface area (Å²) in [6, 6.07) is 3.87. The van der Waals surface area contributed by atoms with Crippen LogP contribution in [0.15, 0.2) is 12.1 Å². The van der Waals surface area contributed by atoms with Crippen LogP contribution in [-0.4, -0.2) is 17.0 Å². The van der Waals surface area contributed by atoms with Crippen LogP contribution < -0.4 is 5.32 Å². The normalized spacial score (nSPS) is 19.7. The second kappa shape index (κ2) is 3.87.